The molecule has 4 nitrogen and oxygen atoms in total. The molecule has 0 radical (unpaired) electrons. The lowest BCUT2D eigenvalue weighted by Crippen LogP contribution is -2.40. The van der Waals surface area contributed by atoms with Crippen molar-refractivity contribution >= 4 is 27.6 Å². The van der Waals surface area contributed by atoms with Crippen LogP contribution in [-0.4, -0.2) is 34.8 Å². The minimum absolute atomic E-state index is 0.0296. The Kier molecular flexibility index (Phi) is 5.23. The van der Waals surface area contributed by atoms with Gasteiger partial charge in [0, 0.05) is 24.6 Å². The van der Waals surface area contributed by atoms with E-state index in [0.717, 1.165) is 11.1 Å². The molecule has 2 aromatic rings. The summed E-state index contributed by atoms with van der Waals surface area (Å²) < 4.78 is 0.519. The second-order valence-electron chi connectivity index (χ2n) is 6.44. The van der Waals surface area contributed by atoms with Gasteiger partial charge in [-0.3, -0.25) is 9.59 Å². The standard InChI is InChI=1S/C20H20BrNO3/c1-13-11-16(19(24)17(21)12-13)20(25)22-9-7-15(8-10-22)18(23)14-5-3-2-4-6-14/h2-6,11-12,15,24H,7-10H2,1H3. The highest BCUT2D eigenvalue weighted by Gasteiger charge is 2.29. The molecule has 0 aliphatic carbocycles. The van der Waals surface area contributed by atoms with Crippen molar-refractivity contribution in [2.45, 2.75) is 19.8 Å². The number of piperidine rings is 1. The Bertz CT molecular complexity index is 796. The van der Waals surface area contributed by atoms with E-state index in [4.69, 9.17) is 0 Å². The number of carbonyl (C=O) groups is 2. The molecule has 0 bridgehead atoms. The van der Waals surface area contributed by atoms with E-state index < -0.39 is 0 Å². The van der Waals surface area contributed by atoms with Crippen LogP contribution in [0.5, 0.6) is 5.75 Å². The predicted molar refractivity (Wildman–Crippen MR) is 99.9 cm³/mol. The first kappa shape index (κ1) is 17.7. The van der Waals surface area contributed by atoms with E-state index in [0.29, 0.717) is 36.0 Å². The molecule has 2 aromatic carbocycles. The number of aryl methyl sites for hydroxylation is 1. The molecule has 1 fully saturated rings. The van der Waals surface area contributed by atoms with E-state index in [1.165, 1.54) is 0 Å². The Balaban J connectivity index is 1.68. The summed E-state index contributed by atoms with van der Waals surface area (Å²) in [5.74, 6) is -0.122. The first-order valence-corrected chi connectivity index (χ1v) is 9.14. The van der Waals surface area contributed by atoms with Gasteiger partial charge in [-0.05, 0) is 53.4 Å². The zero-order valence-electron chi connectivity index (χ0n) is 14.0. The Hall–Kier alpha value is -2.14. The fourth-order valence-electron chi connectivity index (χ4n) is 3.25. The molecule has 0 spiro atoms. The Morgan fingerprint density at radius 1 is 1.12 bits per heavy atom. The van der Waals surface area contributed by atoms with Crippen LogP contribution >= 0.6 is 15.9 Å². The van der Waals surface area contributed by atoms with Crippen molar-refractivity contribution in [3.05, 3.63) is 63.6 Å². The van der Waals surface area contributed by atoms with Crippen LogP contribution in [0.1, 0.15) is 39.1 Å². The van der Waals surface area contributed by atoms with Gasteiger partial charge in [0.15, 0.2) is 5.78 Å². The Morgan fingerprint density at radius 3 is 2.40 bits per heavy atom. The topological polar surface area (TPSA) is 57.6 Å². The highest BCUT2D eigenvalue weighted by atomic mass is 79.9. The van der Waals surface area contributed by atoms with Crippen LogP contribution in [0.4, 0.5) is 0 Å². The second kappa shape index (κ2) is 7.40. The number of hydrogen-bond donors (Lipinski definition) is 1. The Morgan fingerprint density at radius 2 is 1.76 bits per heavy atom. The van der Waals surface area contributed by atoms with Crippen LogP contribution in [0, 0.1) is 12.8 Å². The summed E-state index contributed by atoms with van der Waals surface area (Å²) in [5, 5.41) is 10.2. The summed E-state index contributed by atoms with van der Waals surface area (Å²) >= 11 is 3.28. The number of ketones is 1. The zero-order valence-corrected chi connectivity index (χ0v) is 15.6. The molecule has 1 heterocycles. The van der Waals surface area contributed by atoms with E-state index in [9.17, 15) is 14.7 Å². The van der Waals surface area contributed by atoms with Gasteiger partial charge in [-0.15, -0.1) is 0 Å². The quantitative estimate of drug-likeness (QED) is 0.783. The number of carbonyl (C=O) groups excluding carboxylic acids is 2. The maximum absolute atomic E-state index is 12.7. The van der Waals surface area contributed by atoms with Crippen LogP contribution in [-0.2, 0) is 0 Å². The molecule has 0 saturated carbocycles. The number of amides is 1. The van der Waals surface area contributed by atoms with Crippen molar-refractivity contribution in [1.82, 2.24) is 4.90 Å². The summed E-state index contributed by atoms with van der Waals surface area (Å²) in [6.45, 7) is 2.92. The van der Waals surface area contributed by atoms with E-state index in [-0.39, 0.29) is 23.4 Å². The molecule has 0 aromatic heterocycles. The van der Waals surface area contributed by atoms with Gasteiger partial charge in [-0.1, -0.05) is 30.3 Å². The lowest BCUT2D eigenvalue weighted by atomic mass is 9.88. The molecule has 1 aliphatic heterocycles. The predicted octanol–water partition coefficient (Wildman–Crippen LogP) is 4.20. The number of phenolic OH excluding ortho intramolecular Hbond substituents is 1. The number of aromatic hydroxyl groups is 1. The molecule has 3 rings (SSSR count). The number of halogens is 1. The van der Waals surface area contributed by atoms with Crippen molar-refractivity contribution in [2.24, 2.45) is 5.92 Å². The maximum Gasteiger partial charge on any atom is 0.257 e. The minimum Gasteiger partial charge on any atom is -0.506 e. The van der Waals surface area contributed by atoms with Crippen molar-refractivity contribution in [2.75, 3.05) is 13.1 Å². The fourth-order valence-corrected chi connectivity index (χ4v) is 3.83. The molecule has 0 unspecified atom stereocenters. The summed E-state index contributed by atoms with van der Waals surface area (Å²) in [7, 11) is 0. The van der Waals surface area contributed by atoms with E-state index in [1.54, 1.807) is 17.0 Å². The molecule has 5 heteroatoms. The minimum atomic E-state index is -0.187. The number of Topliss-reactive ketones (excluding diaryl/α,β-unsaturated/α-hetero) is 1. The normalized spacial score (nSPS) is 15.2. The number of rotatable bonds is 3. The fraction of sp³-hybridized carbons (Fsp3) is 0.300. The highest BCUT2D eigenvalue weighted by molar-refractivity contribution is 9.10. The monoisotopic (exact) mass is 401 g/mol. The van der Waals surface area contributed by atoms with Gasteiger partial charge in [0.2, 0.25) is 0 Å². The summed E-state index contributed by atoms with van der Waals surface area (Å²) in [6.07, 6.45) is 1.29. The number of benzene rings is 2. The zero-order chi connectivity index (χ0) is 18.0. The van der Waals surface area contributed by atoms with Gasteiger partial charge < -0.3 is 10.0 Å². The van der Waals surface area contributed by atoms with E-state index in [1.807, 2.05) is 37.3 Å². The van der Waals surface area contributed by atoms with Crippen molar-refractivity contribution in [1.29, 1.82) is 0 Å². The SMILES string of the molecule is Cc1cc(Br)c(O)c(C(=O)N2CCC(C(=O)c3ccccc3)CC2)c1. The van der Waals surface area contributed by atoms with Gasteiger partial charge >= 0.3 is 0 Å². The van der Waals surface area contributed by atoms with Crippen LogP contribution < -0.4 is 0 Å². The summed E-state index contributed by atoms with van der Waals surface area (Å²) in [6, 6.07) is 12.8. The third-order valence-electron chi connectivity index (χ3n) is 4.65. The molecule has 1 saturated heterocycles. The van der Waals surface area contributed by atoms with Crippen molar-refractivity contribution < 1.29 is 14.7 Å². The smallest absolute Gasteiger partial charge is 0.257 e. The third-order valence-corrected chi connectivity index (χ3v) is 5.25. The summed E-state index contributed by atoms with van der Waals surface area (Å²) in [5.41, 5.74) is 1.94. The van der Waals surface area contributed by atoms with Gasteiger partial charge in [0.05, 0.1) is 10.0 Å². The van der Waals surface area contributed by atoms with Crippen LogP contribution in [0.3, 0.4) is 0 Å². The average molecular weight is 402 g/mol. The van der Waals surface area contributed by atoms with Crippen molar-refractivity contribution in [3.8, 4) is 5.75 Å². The molecular weight excluding hydrogens is 382 g/mol. The lowest BCUT2D eigenvalue weighted by Gasteiger charge is -2.31. The van der Waals surface area contributed by atoms with Crippen LogP contribution in [0.25, 0.3) is 0 Å². The maximum atomic E-state index is 12.7. The van der Waals surface area contributed by atoms with Gasteiger partial charge in [-0.2, -0.15) is 0 Å². The number of nitrogens with zero attached hydrogens (tertiary/aromatic N) is 1. The van der Waals surface area contributed by atoms with E-state index in [2.05, 4.69) is 15.9 Å². The molecule has 0 atom stereocenters. The number of phenols is 1. The van der Waals surface area contributed by atoms with Gasteiger partial charge in [0.25, 0.3) is 5.91 Å². The molecule has 1 amide bonds. The van der Waals surface area contributed by atoms with Gasteiger partial charge in [-0.25, -0.2) is 0 Å². The van der Waals surface area contributed by atoms with Crippen LogP contribution in [0.15, 0.2) is 46.9 Å². The molecule has 1 aliphatic rings. The Labute approximate surface area is 155 Å². The summed E-state index contributed by atoms with van der Waals surface area (Å²) in [4.78, 5) is 27.0. The largest absolute Gasteiger partial charge is 0.506 e. The van der Waals surface area contributed by atoms with Gasteiger partial charge in [0.1, 0.15) is 5.75 Å². The van der Waals surface area contributed by atoms with Crippen LogP contribution in [0.2, 0.25) is 0 Å². The third kappa shape index (κ3) is 3.76. The molecule has 1 N–H and O–H groups in total. The van der Waals surface area contributed by atoms with E-state index >= 15 is 0 Å². The first-order chi connectivity index (χ1) is 12.0. The molecule has 25 heavy (non-hydrogen) atoms. The molecular formula is C20H20BrNO3. The number of likely N-dealkylation sites (tertiary alicyclic amines) is 1. The highest BCUT2D eigenvalue weighted by Crippen LogP contribution is 2.31. The second-order valence-corrected chi connectivity index (χ2v) is 7.29. The number of hydrogen-bond acceptors (Lipinski definition) is 3. The lowest BCUT2D eigenvalue weighted by molar-refractivity contribution is 0.0647. The first-order valence-electron chi connectivity index (χ1n) is 8.35. The average Bonchev–Trinajstić information content (AvgIpc) is 2.64. The van der Waals surface area contributed by atoms with Crippen molar-refractivity contribution in [3.63, 3.8) is 0 Å². The molecule has 130 valence electrons.